The summed E-state index contributed by atoms with van der Waals surface area (Å²) in [5.74, 6) is -0.238. The molecule has 3 heterocycles. The molecule has 25 heavy (non-hydrogen) atoms. The van der Waals surface area contributed by atoms with E-state index < -0.39 is 0 Å². The van der Waals surface area contributed by atoms with Crippen molar-refractivity contribution in [2.24, 2.45) is 0 Å². The van der Waals surface area contributed by atoms with Gasteiger partial charge in [-0.1, -0.05) is 0 Å². The number of rotatable bonds is 2. The van der Waals surface area contributed by atoms with Gasteiger partial charge in [0.05, 0.1) is 25.1 Å². The average molecular weight is 347 g/mol. The molecule has 2 aliphatic heterocycles. The lowest BCUT2D eigenvalue weighted by molar-refractivity contribution is 0.0429. The number of ether oxygens (including phenoxy) is 1. The Hall–Kier alpha value is -2.22. The Balaban J connectivity index is 1.60. The van der Waals surface area contributed by atoms with E-state index in [2.05, 4.69) is 15.3 Å². The molecule has 2 aliphatic rings. The van der Waals surface area contributed by atoms with Gasteiger partial charge < -0.3 is 19.9 Å². The Bertz CT molecular complexity index is 601. The fourth-order valence-electron chi connectivity index (χ4n) is 3.16. The Morgan fingerprint density at radius 1 is 1.12 bits per heavy atom. The minimum absolute atomic E-state index is 0.0413. The molecule has 3 amide bonds. The predicted molar refractivity (Wildman–Crippen MR) is 91.2 cm³/mol. The second kappa shape index (κ2) is 8.24. The van der Waals surface area contributed by atoms with Crippen LogP contribution in [0.25, 0.3) is 0 Å². The minimum atomic E-state index is -0.238. The maximum Gasteiger partial charge on any atom is 0.320 e. The molecule has 0 aliphatic carbocycles. The number of morpholine rings is 1. The number of likely N-dealkylation sites (tertiary alicyclic amines) is 1. The van der Waals surface area contributed by atoms with Crippen LogP contribution >= 0.6 is 0 Å². The van der Waals surface area contributed by atoms with Gasteiger partial charge in [-0.2, -0.15) is 0 Å². The van der Waals surface area contributed by atoms with E-state index in [9.17, 15) is 9.59 Å². The minimum Gasteiger partial charge on any atom is -0.378 e. The van der Waals surface area contributed by atoms with E-state index in [-0.39, 0.29) is 18.0 Å². The molecule has 8 nitrogen and oxygen atoms in total. The number of amides is 3. The smallest absolute Gasteiger partial charge is 0.320 e. The Morgan fingerprint density at radius 3 is 2.64 bits per heavy atom. The maximum absolute atomic E-state index is 12.7. The summed E-state index contributed by atoms with van der Waals surface area (Å²) in [5.41, 5.74) is 1.08. The van der Waals surface area contributed by atoms with Crippen LogP contribution in [0.5, 0.6) is 0 Å². The summed E-state index contributed by atoms with van der Waals surface area (Å²) >= 11 is 0. The van der Waals surface area contributed by atoms with Crippen molar-refractivity contribution in [1.82, 2.24) is 25.1 Å². The van der Waals surface area contributed by atoms with Crippen LogP contribution in [0.1, 0.15) is 35.4 Å². The van der Waals surface area contributed by atoms with Crippen LogP contribution < -0.4 is 5.32 Å². The lowest BCUT2D eigenvalue weighted by Gasteiger charge is -2.33. The highest BCUT2D eigenvalue weighted by atomic mass is 16.5. The van der Waals surface area contributed by atoms with Crippen LogP contribution in [-0.2, 0) is 4.74 Å². The number of carbonyl (C=O) groups is 2. The summed E-state index contributed by atoms with van der Waals surface area (Å²) in [6.07, 6.45) is 5.86. The van der Waals surface area contributed by atoms with Crippen molar-refractivity contribution in [2.45, 2.75) is 32.2 Å². The standard InChI is InChI=1S/C17H25N5O3/c1-13-10-19-15(11-18-13)16(23)20-14-4-2-3-5-22(12-14)17(24)21-6-8-25-9-7-21/h10-11,14H,2-9,12H2,1H3,(H,20,23). The third-order valence-electron chi connectivity index (χ3n) is 4.57. The molecular formula is C17H25N5O3. The van der Waals surface area contributed by atoms with Crippen LogP contribution in [0.3, 0.4) is 0 Å². The van der Waals surface area contributed by atoms with Gasteiger partial charge in [-0.15, -0.1) is 0 Å². The van der Waals surface area contributed by atoms with E-state index in [1.54, 1.807) is 6.20 Å². The SMILES string of the molecule is Cc1cnc(C(=O)NC2CCCCN(C(=O)N3CCOCC3)C2)cn1. The van der Waals surface area contributed by atoms with Crippen LogP contribution in [0.4, 0.5) is 4.79 Å². The van der Waals surface area contributed by atoms with Gasteiger partial charge in [-0.3, -0.25) is 9.78 Å². The summed E-state index contributed by atoms with van der Waals surface area (Å²) in [5, 5.41) is 3.00. The molecule has 1 atom stereocenters. The number of aryl methyl sites for hydroxylation is 1. The lowest BCUT2D eigenvalue weighted by Crippen LogP contribution is -2.51. The highest BCUT2D eigenvalue weighted by Crippen LogP contribution is 2.14. The molecule has 0 radical (unpaired) electrons. The summed E-state index contributed by atoms with van der Waals surface area (Å²) in [6.45, 7) is 5.53. The number of hydrogen-bond acceptors (Lipinski definition) is 5. The molecule has 2 saturated heterocycles. The second-order valence-corrected chi connectivity index (χ2v) is 6.54. The zero-order valence-electron chi connectivity index (χ0n) is 14.6. The molecule has 8 heteroatoms. The number of urea groups is 1. The molecular weight excluding hydrogens is 322 g/mol. The highest BCUT2D eigenvalue weighted by Gasteiger charge is 2.27. The molecule has 136 valence electrons. The first-order valence-electron chi connectivity index (χ1n) is 8.84. The van der Waals surface area contributed by atoms with Crippen molar-refractivity contribution in [2.75, 3.05) is 39.4 Å². The largest absolute Gasteiger partial charge is 0.378 e. The number of nitrogens with one attached hydrogen (secondary N) is 1. The van der Waals surface area contributed by atoms with E-state index in [4.69, 9.17) is 4.74 Å². The Labute approximate surface area is 147 Å². The number of aromatic nitrogens is 2. The molecule has 2 fully saturated rings. The fourth-order valence-corrected chi connectivity index (χ4v) is 3.16. The monoisotopic (exact) mass is 347 g/mol. The van der Waals surface area contributed by atoms with E-state index in [0.717, 1.165) is 31.5 Å². The number of nitrogens with zero attached hydrogens (tertiary/aromatic N) is 4. The first-order chi connectivity index (χ1) is 12.1. The molecule has 1 unspecified atom stereocenters. The summed E-state index contributed by atoms with van der Waals surface area (Å²) < 4.78 is 5.31. The van der Waals surface area contributed by atoms with Crippen molar-refractivity contribution in [3.8, 4) is 0 Å². The lowest BCUT2D eigenvalue weighted by atomic mass is 10.1. The summed E-state index contributed by atoms with van der Waals surface area (Å²) in [6, 6.07) is -0.0253. The fraction of sp³-hybridized carbons (Fsp3) is 0.647. The zero-order valence-corrected chi connectivity index (χ0v) is 14.6. The number of carbonyl (C=O) groups excluding carboxylic acids is 2. The van der Waals surface area contributed by atoms with Gasteiger partial charge in [0.25, 0.3) is 5.91 Å². The van der Waals surface area contributed by atoms with Crippen molar-refractivity contribution < 1.29 is 14.3 Å². The van der Waals surface area contributed by atoms with Crippen LogP contribution in [-0.4, -0.2) is 77.1 Å². The molecule has 0 aromatic carbocycles. The van der Waals surface area contributed by atoms with Gasteiger partial charge in [0.1, 0.15) is 5.69 Å². The van der Waals surface area contributed by atoms with Gasteiger partial charge in [-0.25, -0.2) is 9.78 Å². The van der Waals surface area contributed by atoms with E-state index in [0.29, 0.717) is 38.5 Å². The number of hydrogen-bond donors (Lipinski definition) is 1. The van der Waals surface area contributed by atoms with Crippen molar-refractivity contribution in [1.29, 1.82) is 0 Å². The first kappa shape index (κ1) is 17.6. The summed E-state index contributed by atoms with van der Waals surface area (Å²) in [4.78, 5) is 37.0. The zero-order chi connectivity index (χ0) is 17.6. The third kappa shape index (κ3) is 4.66. The third-order valence-corrected chi connectivity index (χ3v) is 4.57. The quantitative estimate of drug-likeness (QED) is 0.856. The Kier molecular flexibility index (Phi) is 5.80. The average Bonchev–Trinajstić information content (AvgIpc) is 2.88. The van der Waals surface area contributed by atoms with E-state index in [1.165, 1.54) is 6.20 Å². The highest BCUT2D eigenvalue weighted by molar-refractivity contribution is 5.92. The van der Waals surface area contributed by atoms with Crippen molar-refractivity contribution in [3.63, 3.8) is 0 Å². The van der Waals surface area contributed by atoms with Crippen molar-refractivity contribution >= 4 is 11.9 Å². The second-order valence-electron chi connectivity index (χ2n) is 6.54. The van der Waals surface area contributed by atoms with Crippen molar-refractivity contribution in [3.05, 3.63) is 23.8 Å². The van der Waals surface area contributed by atoms with E-state index in [1.807, 2.05) is 16.7 Å². The van der Waals surface area contributed by atoms with Gasteiger partial charge in [0.2, 0.25) is 0 Å². The molecule has 0 saturated carbocycles. The summed E-state index contributed by atoms with van der Waals surface area (Å²) in [7, 11) is 0. The first-order valence-corrected chi connectivity index (χ1v) is 8.84. The molecule has 1 N–H and O–H groups in total. The van der Waals surface area contributed by atoms with Gasteiger partial charge in [-0.05, 0) is 26.2 Å². The molecule has 0 spiro atoms. The van der Waals surface area contributed by atoms with E-state index >= 15 is 0 Å². The van der Waals surface area contributed by atoms with Crippen LogP contribution in [0.15, 0.2) is 12.4 Å². The van der Waals surface area contributed by atoms with Crippen LogP contribution in [0.2, 0.25) is 0 Å². The molecule has 1 aromatic heterocycles. The molecule has 0 bridgehead atoms. The van der Waals surface area contributed by atoms with Crippen LogP contribution in [0, 0.1) is 6.92 Å². The normalized spacial score (nSPS) is 21.6. The van der Waals surface area contributed by atoms with Gasteiger partial charge in [0, 0.05) is 38.4 Å². The maximum atomic E-state index is 12.7. The van der Waals surface area contributed by atoms with Gasteiger partial charge in [0.15, 0.2) is 0 Å². The Morgan fingerprint density at radius 2 is 1.92 bits per heavy atom. The topological polar surface area (TPSA) is 87.7 Å². The predicted octanol–water partition coefficient (Wildman–Crippen LogP) is 0.822. The molecule has 1 aromatic rings. The van der Waals surface area contributed by atoms with Gasteiger partial charge >= 0.3 is 6.03 Å². The molecule has 3 rings (SSSR count).